The third-order valence-electron chi connectivity index (χ3n) is 3.19. The summed E-state index contributed by atoms with van der Waals surface area (Å²) in [5, 5.41) is 13.8. The van der Waals surface area contributed by atoms with Crippen molar-refractivity contribution in [2.45, 2.75) is 19.5 Å². The van der Waals surface area contributed by atoms with Crippen LogP contribution in [0.5, 0.6) is 0 Å². The van der Waals surface area contributed by atoms with Gasteiger partial charge in [0, 0.05) is 23.1 Å². The molecule has 0 bridgehead atoms. The van der Waals surface area contributed by atoms with Crippen LogP contribution in [0.2, 0.25) is 0 Å². The smallest absolute Gasteiger partial charge is 0.304 e. The normalized spacial score (nSPS) is 12.1. The van der Waals surface area contributed by atoms with Crippen molar-refractivity contribution in [3.63, 3.8) is 0 Å². The molecule has 1 N–H and O–H groups in total. The van der Waals surface area contributed by atoms with E-state index in [1.807, 2.05) is 31.2 Å². The maximum absolute atomic E-state index is 13.5. The molecule has 0 fully saturated rings. The average Bonchev–Trinajstić information content (AvgIpc) is 2.45. The van der Waals surface area contributed by atoms with Crippen molar-refractivity contribution >= 4 is 21.6 Å². The lowest BCUT2D eigenvalue weighted by Gasteiger charge is -2.14. The Kier molecular flexibility index (Phi) is 5.03. The van der Waals surface area contributed by atoms with Crippen molar-refractivity contribution in [1.29, 1.82) is 0 Å². The molecule has 6 heteroatoms. The van der Waals surface area contributed by atoms with Gasteiger partial charge in [0.25, 0.3) is 0 Å². The summed E-state index contributed by atoms with van der Waals surface area (Å²) in [6, 6.07) is 11.9. The molecule has 2 aromatic rings. The molecule has 21 heavy (non-hydrogen) atoms. The lowest BCUT2D eigenvalue weighted by Crippen LogP contribution is -2.18. The van der Waals surface area contributed by atoms with Crippen LogP contribution in [0.3, 0.4) is 0 Å². The zero-order valence-electron chi connectivity index (χ0n) is 11.3. The van der Waals surface area contributed by atoms with Crippen LogP contribution in [0.4, 0.5) is 10.1 Å². The lowest BCUT2D eigenvalue weighted by molar-refractivity contribution is -0.387. The van der Waals surface area contributed by atoms with Crippen LogP contribution in [0, 0.1) is 15.9 Å². The van der Waals surface area contributed by atoms with E-state index in [1.165, 1.54) is 12.1 Å². The topological polar surface area (TPSA) is 55.2 Å². The van der Waals surface area contributed by atoms with Gasteiger partial charge in [-0.15, -0.1) is 0 Å². The SMILES string of the molecule is C[C@H](NCc1ccc([N+](=O)[O-])c(F)c1)c1ccc(Br)cc1. The van der Waals surface area contributed by atoms with Crippen molar-refractivity contribution in [3.05, 3.63) is 74.0 Å². The molecule has 0 amide bonds. The number of nitro benzene ring substituents is 1. The third kappa shape index (κ3) is 4.09. The summed E-state index contributed by atoms with van der Waals surface area (Å²) in [5.41, 5.74) is 1.28. The lowest BCUT2D eigenvalue weighted by atomic mass is 10.1. The number of nitrogens with one attached hydrogen (secondary N) is 1. The number of benzene rings is 2. The fourth-order valence-electron chi connectivity index (χ4n) is 1.95. The molecule has 0 saturated carbocycles. The Morgan fingerprint density at radius 2 is 1.95 bits per heavy atom. The van der Waals surface area contributed by atoms with E-state index in [-0.39, 0.29) is 6.04 Å². The fourth-order valence-corrected chi connectivity index (χ4v) is 2.21. The van der Waals surface area contributed by atoms with Crippen molar-refractivity contribution in [3.8, 4) is 0 Å². The fraction of sp³-hybridized carbons (Fsp3) is 0.200. The van der Waals surface area contributed by atoms with E-state index in [0.29, 0.717) is 12.1 Å². The van der Waals surface area contributed by atoms with E-state index in [2.05, 4.69) is 21.2 Å². The molecule has 0 saturated heterocycles. The maximum Gasteiger partial charge on any atom is 0.304 e. The first kappa shape index (κ1) is 15.6. The Labute approximate surface area is 130 Å². The highest BCUT2D eigenvalue weighted by Gasteiger charge is 2.14. The molecule has 2 aromatic carbocycles. The van der Waals surface area contributed by atoms with E-state index in [9.17, 15) is 14.5 Å². The van der Waals surface area contributed by atoms with Gasteiger partial charge in [-0.2, -0.15) is 4.39 Å². The molecule has 4 nitrogen and oxygen atoms in total. The van der Waals surface area contributed by atoms with Crippen molar-refractivity contribution in [1.82, 2.24) is 5.32 Å². The van der Waals surface area contributed by atoms with Gasteiger partial charge in [0.15, 0.2) is 0 Å². The predicted molar refractivity (Wildman–Crippen MR) is 82.5 cm³/mol. The van der Waals surface area contributed by atoms with Gasteiger partial charge in [0.05, 0.1) is 4.92 Å². The zero-order chi connectivity index (χ0) is 15.4. The molecule has 1 atom stereocenters. The van der Waals surface area contributed by atoms with Crippen LogP contribution in [0.15, 0.2) is 46.9 Å². The summed E-state index contributed by atoms with van der Waals surface area (Å²) >= 11 is 3.38. The van der Waals surface area contributed by atoms with Crippen LogP contribution in [-0.2, 0) is 6.54 Å². The number of nitro groups is 1. The second-order valence-electron chi connectivity index (χ2n) is 4.70. The Bertz CT molecular complexity index is 647. The highest BCUT2D eigenvalue weighted by molar-refractivity contribution is 9.10. The van der Waals surface area contributed by atoms with Crippen LogP contribution in [0.25, 0.3) is 0 Å². The van der Waals surface area contributed by atoms with Crippen LogP contribution in [-0.4, -0.2) is 4.92 Å². The molecule has 0 aliphatic carbocycles. The molecule has 110 valence electrons. The summed E-state index contributed by atoms with van der Waals surface area (Å²) < 4.78 is 14.5. The molecule has 0 unspecified atom stereocenters. The molecular weight excluding hydrogens is 339 g/mol. The molecular formula is C15H14BrFN2O2. The first-order chi connectivity index (χ1) is 9.97. The second kappa shape index (κ2) is 6.78. The predicted octanol–water partition coefficient (Wildman–Crippen LogP) is 4.35. The van der Waals surface area contributed by atoms with Crippen molar-refractivity contribution in [2.24, 2.45) is 0 Å². The number of halogens is 2. The van der Waals surface area contributed by atoms with E-state index < -0.39 is 16.4 Å². The van der Waals surface area contributed by atoms with E-state index >= 15 is 0 Å². The first-order valence-corrected chi connectivity index (χ1v) is 7.18. The Balaban J connectivity index is 2.01. The molecule has 0 spiro atoms. The number of hydrogen-bond donors (Lipinski definition) is 1. The van der Waals surface area contributed by atoms with Gasteiger partial charge in [0.2, 0.25) is 5.82 Å². The van der Waals surface area contributed by atoms with Gasteiger partial charge >= 0.3 is 5.69 Å². The van der Waals surface area contributed by atoms with Crippen molar-refractivity contribution < 1.29 is 9.31 Å². The maximum atomic E-state index is 13.5. The minimum Gasteiger partial charge on any atom is -0.306 e. The highest BCUT2D eigenvalue weighted by atomic mass is 79.9. The summed E-state index contributed by atoms with van der Waals surface area (Å²) in [6.07, 6.45) is 0. The largest absolute Gasteiger partial charge is 0.306 e. The quantitative estimate of drug-likeness (QED) is 0.642. The summed E-state index contributed by atoms with van der Waals surface area (Å²) in [4.78, 5) is 9.83. The van der Waals surface area contributed by atoms with E-state index in [1.54, 1.807) is 6.07 Å². The molecule has 0 aliphatic rings. The Morgan fingerprint density at radius 1 is 1.29 bits per heavy atom. The number of hydrogen-bond acceptors (Lipinski definition) is 3. The van der Waals surface area contributed by atoms with E-state index in [0.717, 1.165) is 10.0 Å². The minimum absolute atomic E-state index is 0.0938. The zero-order valence-corrected chi connectivity index (χ0v) is 12.9. The summed E-state index contributed by atoms with van der Waals surface area (Å²) in [5.74, 6) is -0.810. The summed E-state index contributed by atoms with van der Waals surface area (Å²) in [6.45, 7) is 2.44. The molecule has 0 aliphatic heterocycles. The summed E-state index contributed by atoms with van der Waals surface area (Å²) in [7, 11) is 0. The van der Waals surface area contributed by atoms with Crippen LogP contribution < -0.4 is 5.32 Å². The molecule has 0 aromatic heterocycles. The Hall–Kier alpha value is -1.79. The van der Waals surface area contributed by atoms with E-state index in [4.69, 9.17) is 0 Å². The minimum atomic E-state index is -0.810. The first-order valence-electron chi connectivity index (χ1n) is 6.39. The van der Waals surface area contributed by atoms with Gasteiger partial charge in [-0.1, -0.05) is 34.1 Å². The monoisotopic (exact) mass is 352 g/mol. The molecule has 0 heterocycles. The van der Waals surface area contributed by atoms with Gasteiger partial charge in [-0.25, -0.2) is 0 Å². The van der Waals surface area contributed by atoms with Gasteiger partial charge < -0.3 is 5.32 Å². The third-order valence-corrected chi connectivity index (χ3v) is 3.72. The van der Waals surface area contributed by atoms with Gasteiger partial charge in [0.1, 0.15) is 0 Å². The molecule has 2 rings (SSSR count). The van der Waals surface area contributed by atoms with Gasteiger partial charge in [-0.3, -0.25) is 10.1 Å². The van der Waals surface area contributed by atoms with Crippen LogP contribution >= 0.6 is 15.9 Å². The highest BCUT2D eigenvalue weighted by Crippen LogP contribution is 2.20. The van der Waals surface area contributed by atoms with Crippen LogP contribution in [0.1, 0.15) is 24.1 Å². The standard InChI is InChI=1S/C15H14BrFN2O2/c1-10(12-3-5-13(16)6-4-12)18-9-11-2-7-15(19(20)21)14(17)8-11/h2-8,10,18H,9H2,1H3/t10-/m0/s1. The van der Waals surface area contributed by atoms with Gasteiger partial charge in [-0.05, 0) is 36.2 Å². The molecule has 0 radical (unpaired) electrons. The second-order valence-corrected chi connectivity index (χ2v) is 5.61. The van der Waals surface area contributed by atoms with Crippen molar-refractivity contribution in [2.75, 3.05) is 0 Å². The number of nitrogens with zero attached hydrogens (tertiary/aromatic N) is 1. The Morgan fingerprint density at radius 3 is 2.52 bits per heavy atom. The average molecular weight is 353 g/mol. The number of rotatable bonds is 5.